The predicted molar refractivity (Wildman–Crippen MR) is 71.4 cm³/mol. The molecule has 1 saturated carbocycles. The minimum Gasteiger partial charge on any atom is -0.352 e. The molecule has 92 valence electrons. The fourth-order valence-corrected chi connectivity index (χ4v) is 3.01. The molecule has 2 unspecified atom stereocenters. The zero-order valence-electron chi connectivity index (χ0n) is 9.95. The van der Waals surface area contributed by atoms with Crippen molar-refractivity contribution >= 4 is 21.8 Å². The van der Waals surface area contributed by atoms with E-state index in [2.05, 4.69) is 26.2 Å². The van der Waals surface area contributed by atoms with Crippen LogP contribution in [0.2, 0.25) is 0 Å². The van der Waals surface area contributed by atoms with Gasteiger partial charge in [0.1, 0.15) is 0 Å². The van der Waals surface area contributed by atoms with Crippen LogP contribution in [0.1, 0.15) is 35.3 Å². The largest absolute Gasteiger partial charge is 0.352 e. The molecule has 1 aliphatic carbocycles. The van der Waals surface area contributed by atoms with Gasteiger partial charge in [-0.2, -0.15) is 0 Å². The second-order valence-corrected chi connectivity index (χ2v) is 5.78. The summed E-state index contributed by atoms with van der Waals surface area (Å²) in [7, 11) is 0. The van der Waals surface area contributed by atoms with Crippen molar-refractivity contribution in [2.45, 2.75) is 31.0 Å². The van der Waals surface area contributed by atoms with E-state index in [1.54, 1.807) is 12.3 Å². The molecule has 0 saturated heterocycles. The lowest BCUT2D eigenvalue weighted by molar-refractivity contribution is 0.0947. The Morgan fingerprint density at radius 3 is 3.06 bits per heavy atom. The number of aryl methyl sites for hydroxylation is 1. The van der Waals surface area contributed by atoms with Gasteiger partial charge in [-0.1, -0.05) is 22.4 Å². The van der Waals surface area contributed by atoms with Crippen LogP contribution in [-0.4, -0.2) is 22.3 Å². The van der Waals surface area contributed by atoms with Crippen LogP contribution in [0, 0.1) is 12.8 Å². The van der Waals surface area contributed by atoms with Crippen molar-refractivity contribution in [2.24, 2.45) is 5.92 Å². The summed E-state index contributed by atoms with van der Waals surface area (Å²) in [5.74, 6) is 0.573. The van der Waals surface area contributed by atoms with Crippen molar-refractivity contribution in [2.75, 3.05) is 6.54 Å². The molecule has 0 aromatic carbocycles. The number of nitrogens with one attached hydrogen (secondary N) is 1. The van der Waals surface area contributed by atoms with Gasteiger partial charge >= 0.3 is 0 Å². The Balaban J connectivity index is 1.89. The topological polar surface area (TPSA) is 42.0 Å². The molecular weight excluding hydrogens is 280 g/mol. The molecule has 1 aliphatic rings. The van der Waals surface area contributed by atoms with E-state index < -0.39 is 0 Å². The zero-order chi connectivity index (χ0) is 12.3. The van der Waals surface area contributed by atoms with Gasteiger partial charge in [0, 0.05) is 28.8 Å². The van der Waals surface area contributed by atoms with Gasteiger partial charge in [0.15, 0.2) is 0 Å². The predicted octanol–water partition coefficient (Wildman–Crippen LogP) is 2.68. The smallest absolute Gasteiger partial charge is 0.251 e. The highest BCUT2D eigenvalue weighted by molar-refractivity contribution is 9.09. The molecule has 0 spiro atoms. The fourth-order valence-electron chi connectivity index (χ4n) is 2.23. The van der Waals surface area contributed by atoms with E-state index in [4.69, 9.17) is 0 Å². The van der Waals surface area contributed by atoms with Crippen LogP contribution < -0.4 is 5.32 Å². The van der Waals surface area contributed by atoms with Crippen molar-refractivity contribution in [1.29, 1.82) is 0 Å². The Morgan fingerprint density at radius 1 is 1.59 bits per heavy atom. The maximum atomic E-state index is 11.9. The molecule has 17 heavy (non-hydrogen) atoms. The van der Waals surface area contributed by atoms with E-state index in [0.717, 1.165) is 12.2 Å². The number of aromatic nitrogens is 1. The van der Waals surface area contributed by atoms with Crippen LogP contribution in [0.5, 0.6) is 0 Å². The standard InChI is InChI=1S/C13H17BrN2O/c1-9-7-10(5-6-15-9)13(17)16-8-11-3-2-4-12(11)14/h5-7,11-12H,2-4,8H2,1H3,(H,16,17). The van der Waals surface area contributed by atoms with Crippen molar-refractivity contribution in [3.05, 3.63) is 29.6 Å². The molecule has 1 fully saturated rings. The van der Waals surface area contributed by atoms with E-state index >= 15 is 0 Å². The van der Waals surface area contributed by atoms with Crippen LogP contribution in [0.3, 0.4) is 0 Å². The first-order chi connectivity index (χ1) is 8.16. The molecule has 4 heteroatoms. The number of carbonyl (C=O) groups is 1. The zero-order valence-corrected chi connectivity index (χ0v) is 11.5. The number of carbonyl (C=O) groups excluding carboxylic acids is 1. The lowest BCUT2D eigenvalue weighted by Crippen LogP contribution is -2.31. The minimum atomic E-state index is 0.00194. The van der Waals surface area contributed by atoms with Gasteiger partial charge in [0.25, 0.3) is 5.91 Å². The van der Waals surface area contributed by atoms with E-state index in [0.29, 0.717) is 16.3 Å². The number of nitrogens with zero attached hydrogens (tertiary/aromatic N) is 1. The van der Waals surface area contributed by atoms with E-state index in [1.165, 1.54) is 19.3 Å². The molecule has 3 nitrogen and oxygen atoms in total. The summed E-state index contributed by atoms with van der Waals surface area (Å²) in [6.45, 7) is 2.65. The van der Waals surface area contributed by atoms with Crippen LogP contribution in [0.25, 0.3) is 0 Å². The molecule has 2 rings (SSSR count). The summed E-state index contributed by atoms with van der Waals surface area (Å²) in [4.78, 5) is 16.5. The molecular formula is C13H17BrN2O. The normalized spacial score (nSPS) is 23.6. The third kappa shape index (κ3) is 3.28. The molecule has 1 heterocycles. The van der Waals surface area contributed by atoms with Crippen LogP contribution in [-0.2, 0) is 0 Å². The van der Waals surface area contributed by atoms with Gasteiger partial charge in [0.2, 0.25) is 0 Å². The molecule has 1 aromatic rings. The first-order valence-electron chi connectivity index (χ1n) is 6.02. The van der Waals surface area contributed by atoms with Gasteiger partial charge in [-0.3, -0.25) is 9.78 Å². The maximum absolute atomic E-state index is 11.9. The highest BCUT2D eigenvalue weighted by atomic mass is 79.9. The lowest BCUT2D eigenvalue weighted by Gasteiger charge is -2.14. The second kappa shape index (κ2) is 5.63. The molecule has 0 radical (unpaired) electrons. The van der Waals surface area contributed by atoms with Gasteiger partial charge in [0.05, 0.1) is 0 Å². The SMILES string of the molecule is Cc1cc(C(=O)NCC2CCCC2Br)ccn1. The Morgan fingerprint density at radius 2 is 2.41 bits per heavy atom. The number of halogens is 1. The van der Waals surface area contributed by atoms with Crippen molar-refractivity contribution < 1.29 is 4.79 Å². The number of hydrogen-bond acceptors (Lipinski definition) is 2. The number of amides is 1. The van der Waals surface area contributed by atoms with Gasteiger partial charge in [-0.05, 0) is 37.8 Å². The van der Waals surface area contributed by atoms with Crippen molar-refractivity contribution in [3.63, 3.8) is 0 Å². The Labute approximate surface area is 110 Å². The lowest BCUT2D eigenvalue weighted by atomic mass is 10.1. The minimum absolute atomic E-state index is 0.00194. The summed E-state index contributed by atoms with van der Waals surface area (Å²) in [6, 6.07) is 3.57. The quantitative estimate of drug-likeness (QED) is 0.872. The molecule has 0 bridgehead atoms. The van der Waals surface area contributed by atoms with Crippen LogP contribution >= 0.6 is 15.9 Å². The highest BCUT2D eigenvalue weighted by Gasteiger charge is 2.25. The summed E-state index contributed by atoms with van der Waals surface area (Å²) >= 11 is 3.66. The summed E-state index contributed by atoms with van der Waals surface area (Å²) in [6.07, 6.45) is 5.35. The van der Waals surface area contributed by atoms with Crippen LogP contribution in [0.15, 0.2) is 18.3 Å². The highest BCUT2D eigenvalue weighted by Crippen LogP contribution is 2.30. The second-order valence-electron chi connectivity index (χ2n) is 4.60. The van der Waals surface area contributed by atoms with Gasteiger partial charge in [-0.15, -0.1) is 0 Å². The summed E-state index contributed by atoms with van der Waals surface area (Å²) in [5.41, 5.74) is 1.57. The first kappa shape index (κ1) is 12.6. The Bertz CT molecular complexity index is 408. The van der Waals surface area contributed by atoms with Crippen LogP contribution in [0.4, 0.5) is 0 Å². The fraction of sp³-hybridized carbons (Fsp3) is 0.538. The van der Waals surface area contributed by atoms with Crippen molar-refractivity contribution in [1.82, 2.24) is 10.3 Å². The monoisotopic (exact) mass is 296 g/mol. The molecule has 1 amide bonds. The molecule has 1 aromatic heterocycles. The first-order valence-corrected chi connectivity index (χ1v) is 6.93. The number of alkyl halides is 1. The third-order valence-electron chi connectivity index (χ3n) is 3.25. The van der Waals surface area contributed by atoms with E-state index in [1.807, 2.05) is 13.0 Å². The summed E-state index contributed by atoms with van der Waals surface area (Å²) in [5, 5.41) is 3.00. The average molecular weight is 297 g/mol. The number of rotatable bonds is 3. The summed E-state index contributed by atoms with van der Waals surface area (Å²) < 4.78 is 0. The Hall–Kier alpha value is -0.900. The van der Waals surface area contributed by atoms with Gasteiger partial charge < -0.3 is 5.32 Å². The van der Waals surface area contributed by atoms with Gasteiger partial charge in [-0.25, -0.2) is 0 Å². The molecule has 2 atom stereocenters. The number of pyridine rings is 1. The molecule has 1 N–H and O–H groups in total. The number of hydrogen-bond donors (Lipinski definition) is 1. The van der Waals surface area contributed by atoms with E-state index in [9.17, 15) is 4.79 Å². The van der Waals surface area contributed by atoms with E-state index in [-0.39, 0.29) is 5.91 Å². The maximum Gasteiger partial charge on any atom is 0.251 e. The average Bonchev–Trinajstić information content (AvgIpc) is 2.72. The van der Waals surface area contributed by atoms with Crippen molar-refractivity contribution in [3.8, 4) is 0 Å². The molecule has 0 aliphatic heterocycles. The third-order valence-corrected chi connectivity index (χ3v) is 4.46. The Kier molecular flexibility index (Phi) is 4.15.